The molecule has 0 aliphatic heterocycles. The molecule has 10 aromatic rings. The van der Waals surface area contributed by atoms with E-state index in [1.165, 1.54) is 93.9 Å². The number of nitrogens with zero attached hydrogens (tertiary/aromatic N) is 2. The molecular formula is C52H37Br3N2. The second-order valence-corrected chi connectivity index (χ2v) is 17.4. The van der Waals surface area contributed by atoms with Crippen molar-refractivity contribution in [2.75, 3.05) is 5.33 Å². The molecule has 1 aliphatic carbocycles. The van der Waals surface area contributed by atoms with Crippen molar-refractivity contribution in [2.24, 2.45) is 0 Å². The van der Waals surface area contributed by atoms with Crippen LogP contribution in [0.4, 0.5) is 0 Å². The number of alkyl halides is 1. The Morgan fingerprint density at radius 2 is 0.860 bits per heavy atom. The summed E-state index contributed by atoms with van der Waals surface area (Å²) in [5.41, 5.74) is 16.7. The zero-order chi connectivity index (χ0) is 38.5. The Balaban J connectivity index is 0.000000220. The van der Waals surface area contributed by atoms with Crippen molar-refractivity contribution < 1.29 is 0 Å². The predicted molar refractivity (Wildman–Crippen MR) is 253 cm³/mol. The minimum atomic E-state index is 1.03. The lowest BCUT2D eigenvalue weighted by atomic mass is 10.0. The highest BCUT2D eigenvalue weighted by molar-refractivity contribution is 9.10. The molecule has 11 rings (SSSR count). The van der Waals surface area contributed by atoms with Crippen LogP contribution in [-0.2, 0) is 12.8 Å². The summed E-state index contributed by atoms with van der Waals surface area (Å²) in [6.45, 7) is 0. The van der Waals surface area contributed by atoms with Gasteiger partial charge in [0, 0.05) is 47.2 Å². The molecule has 0 saturated carbocycles. The maximum absolute atomic E-state index is 3.58. The van der Waals surface area contributed by atoms with E-state index in [1.54, 1.807) is 0 Å². The van der Waals surface area contributed by atoms with Crippen molar-refractivity contribution >= 4 is 91.4 Å². The van der Waals surface area contributed by atoms with E-state index in [1.807, 2.05) is 0 Å². The van der Waals surface area contributed by atoms with Gasteiger partial charge in [-0.25, -0.2) is 0 Å². The van der Waals surface area contributed by atoms with E-state index in [0.717, 1.165) is 33.5 Å². The van der Waals surface area contributed by atoms with Crippen LogP contribution in [0.15, 0.2) is 185 Å². The third kappa shape index (κ3) is 6.66. The Labute approximate surface area is 357 Å². The molecule has 2 aromatic heterocycles. The quantitative estimate of drug-likeness (QED) is 0.147. The largest absolute Gasteiger partial charge is 0.309 e. The van der Waals surface area contributed by atoms with Gasteiger partial charge in [0.1, 0.15) is 0 Å². The van der Waals surface area contributed by atoms with Gasteiger partial charge in [0.15, 0.2) is 0 Å². The van der Waals surface area contributed by atoms with E-state index in [0.29, 0.717) is 0 Å². The van der Waals surface area contributed by atoms with E-state index in [9.17, 15) is 0 Å². The Morgan fingerprint density at radius 3 is 1.33 bits per heavy atom. The van der Waals surface area contributed by atoms with E-state index >= 15 is 0 Å². The number of benzene rings is 8. The Kier molecular flexibility index (Phi) is 9.69. The molecule has 5 heteroatoms. The molecule has 276 valence electrons. The van der Waals surface area contributed by atoms with E-state index < -0.39 is 0 Å². The second kappa shape index (κ2) is 15.3. The first-order valence-corrected chi connectivity index (χ1v) is 22.1. The summed E-state index contributed by atoms with van der Waals surface area (Å²) in [5, 5.41) is 6.23. The van der Waals surface area contributed by atoms with Gasteiger partial charge >= 0.3 is 0 Å². The van der Waals surface area contributed by atoms with E-state index in [2.05, 4.69) is 233 Å². The summed E-state index contributed by atoms with van der Waals surface area (Å²) in [6.07, 6.45) is 3.28. The fourth-order valence-electron chi connectivity index (χ4n) is 8.68. The van der Waals surface area contributed by atoms with Crippen LogP contribution >= 0.6 is 47.8 Å². The van der Waals surface area contributed by atoms with Crippen molar-refractivity contribution in [3.63, 3.8) is 0 Å². The monoisotopic (exact) mass is 926 g/mol. The van der Waals surface area contributed by atoms with Gasteiger partial charge < -0.3 is 9.13 Å². The molecule has 1 aliphatic rings. The standard InChI is InChI=1S/C39H29BrN2.C13H8Br2/c40-25-7-8-27-15-24-39-35(26-27)34-11-3-6-14-38(34)42(39)31-22-18-29(19-23-31)28-16-20-30(21-17-28)41-36-12-4-1-9-32(36)33-10-2-5-13-37(33)41;14-10-1-3-12-8(6-10)5-9-7-11(15)2-4-13(9)12/h1-6,9-24,26H,7-8,25H2;1-4,6-7H,5H2. The van der Waals surface area contributed by atoms with Gasteiger partial charge in [0.05, 0.1) is 22.1 Å². The van der Waals surface area contributed by atoms with Crippen molar-refractivity contribution in [2.45, 2.75) is 19.3 Å². The molecule has 0 spiro atoms. The van der Waals surface area contributed by atoms with Crippen LogP contribution in [0.2, 0.25) is 0 Å². The maximum atomic E-state index is 3.58. The number of para-hydroxylation sites is 3. The summed E-state index contributed by atoms with van der Waals surface area (Å²) < 4.78 is 7.08. The number of aromatic nitrogens is 2. The molecule has 0 saturated heterocycles. The molecule has 2 heterocycles. The van der Waals surface area contributed by atoms with Crippen molar-refractivity contribution in [1.82, 2.24) is 9.13 Å². The summed E-state index contributed by atoms with van der Waals surface area (Å²) in [7, 11) is 0. The molecule has 2 nitrogen and oxygen atoms in total. The van der Waals surface area contributed by atoms with Crippen LogP contribution in [0.25, 0.3) is 77.2 Å². The van der Waals surface area contributed by atoms with Crippen LogP contribution in [0.3, 0.4) is 0 Å². The highest BCUT2D eigenvalue weighted by Crippen LogP contribution is 2.39. The number of aryl methyl sites for hydroxylation is 1. The Bertz CT molecular complexity index is 3000. The normalized spacial score (nSPS) is 11.9. The molecule has 0 fully saturated rings. The smallest absolute Gasteiger partial charge is 0.0541 e. The van der Waals surface area contributed by atoms with Crippen molar-refractivity contribution in [3.05, 3.63) is 202 Å². The fraction of sp³-hybridized carbons (Fsp3) is 0.0769. The lowest BCUT2D eigenvalue weighted by Gasteiger charge is -2.11. The van der Waals surface area contributed by atoms with Crippen molar-refractivity contribution in [1.29, 1.82) is 0 Å². The number of halogens is 3. The van der Waals surface area contributed by atoms with Crippen LogP contribution < -0.4 is 0 Å². The maximum Gasteiger partial charge on any atom is 0.0541 e. The lowest BCUT2D eigenvalue weighted by Crippen LogP contribution is -1.95. The first kappa shape index (κ1) is 36.2. The van der Waals surface area contributed by atoms with Gasteiger partial charge in [-0.2, -0.15) is 0 Å². The van der Waals surface area contributed by atoms with Gasteiger partial charge in [-0.3, -0.25) is 0 Å². The van der Waals surface area contributed by atoms with Crippen LogP contribution in [0.1, 0.15) is 23.1 Å². The average Bonchev–Trinajstić information content (AvgIpc) is 3.90. The van der Waals surface area contributed by atoms with Gasteiger partial charge in [-0.15, -0.1) is 0 Å². The average molecular weight is 930 g/mol. The van der Waals surface area contributed by atoms with Gasteiger partial charge in [-0.1, -0.05) is 145 Å². The summed E-state index contributed by atoms with van der Waals surface area (Å²) in [6, 6.07) is 64.0. The molecule has 0 unspecified atom stereocenters. The number of rotatable bonds is 6. The Hall–Kier alpha value is -5.20. The third-order valence-corrected chi connectivity index (χ3v) is 12.9. The number of fused-ring (bicyclic) bond motifs is 9. The third-order valence-electron chi connectivity index (χ3n) is 11.3. The first-order chi connectivity index (χ1) is 28.0. The molecule has 8 aromatic carbocycles. The van der Waals surface area contributed by atoms with Crippen LogP contribution in [0, 0.1) is 0 Å². The summed E-state index contributed by atoms with van der Waals surface area (Å²) >= 11 is 10.6. The summed E-state index contributed by atoms with van der Waals surface area (Å²) in [5.74, 6) is 0. The zero-order valence-corrected chi connectivity index (χ0v) is 35.9. The topological polar surface area (TPSA) is 9.86 Å². The highest BCUT2D eigenvalue weighted by Gasteiger charge is 2.18. The van der Waals surface area contributed by atoms with Gasteiger partial charge in [-0.05, 0) is 137 Å². The SMILES string of the molecule is BrCCCc1ccc2c(c1)c1ccccc1n2-c1ccc(-c2ccc(-n3c4ccccc4c4ccccc43)cc2)cc1.Brc1ccc2c(c1)Cc1cc(Br)ccc1-2. The zero-order valence-electron chi connectivity index (χ0n) is 31.1. The lowest BCUT2D eigenvalue weighted by molar-refractivity contribution is 0.941. The molecule has 57 heavy (non-hydrogen) atoms. The fourth-order valence-corrected chi connectivity index (χ4v) is 9.78. The number of hydrogen-bond donors (Lipinski definition) is 0. The number of hydrogen-bond acceptors (Lipinski definition) is 0. The van der Waals surface area contributed by atoms with E-state index in [-0.39, 0.29) is 0 Å². The van der Waals surface area contributed by atoms with Crippen LogP contribution in [-0.4, -0.2) is 14.5 Å². The molecule has 0 amide bonds. The molecule has 0 N–H and O–H groups in total. The molecular weight excluding hydrogens is 892 g/mol. The minimum absolute atomic E-state index is 1.03. The van der Waals surface area contributed by atoms with Crippen LogP contribution in [0.5, 0.6) is 0 Å². The second-order valence-electron chi connectivity index (χ2n) is 14.7. The predicted octanol–water partition coefficient (Wildman–Crippen LogP) is 15.7. The van der Waals surface area contributed by atoms with Gasteiger partial charge in [0.25, 0.3) is 0 Å². The minimum Gasteiger partial charge on any atom is -0.309 e. The van der Waals surface area contributed by atoms with E-state index in [4.69, 9.17) is 0 Å². The Morgan fingerprint density at radius 1 is 0.421 bits per heavy atom. The summed E-state index contributed by atoms with van der Waals surface area (Å²) in [4.78, 5) is 0. The van der Waals surface area contributed by atoms with Gasteiger partial charge in [0.2, 0.25) is 0 Å². The molecule has 0 bridgehead atoms. The molecule has 0 radical (unpaired) electrons. The van der Waals surface area contributed by atoms with Crippen molar-refractivity contribution in [3.8, 4) is 33.6 Å². The highest BCUT2D eigenvalue weighted by atomic mass is 79.9. The first-order valence-electron chi connectivity index (χ1n) is 19.4. The molecule has 0 atom stereocenters.